The molecule has 1 fully saturated rings. The van der Waals surface area contributed by atoms with E-state index in [1.54, 1.807) is 0 Å². The lowest BCUT2D eigenvalue weighted by Gasteiger charge is -2.44. The fourth-order valence-electron chi connectivity index (χ4n) is 1.78. The van der Waals surface area contributed by atoms with E-state index < -0.39 is 0 Å². The van der Waals surface area contributed by atoms with Gasteiger partial charge in [0, 0.05) is 24.0 Å². The van der Waals surface area contributed by atoms with Crippen molar-refractivity contribution >= 4 is 0 Å². The van der Waals surface area contributed by atoms with Crippen molar-refractivity contribution in [2.75, 3.05) is 7.05 Å². The Morgan fingerprint density at radius 3 is 2.40 bits per heavy atom. The van der Waals surface area contributed by atoms with Gasteiger partial charge in [0.25, 0.3) is 0 Å². The van der Waals surface area contributed by atoms with Crippen molar-refractivity contribution in [1.29, 1.82) is 0 Å². The van der Waals surface area contributed by atoms with Crippen LogP contribution in [-0.2, 0) is 0 Å². The zero-order valence-electron chi connectivity index (χ0n) is 6.67. The van der Waals surface area contributed by atoms with E-state index in [1.807, 2.05) is 14.0 Å². The predicted octanol–water partition coefficient (Wildman–Crippen LogP) is -0.731. The summed E-state index contributed by atoms with van der Waals surface area (Å²) >= 11 is 0. The molecule has 1 aliphatic rings. The van der Waals surface area contributed by atoms with Crippen LogP contribution in [0.4, 0.5) is 0 Å². The first kappa shape index (κ1) is 7.98. The molecule has 0 aromatic carbocycles. The van der Waals surface area contributed by atoms with Gasteiger partial charge in [0.2, 0.25) is 0 Å². The van der Waals surface area contributed by atoms with Crippen molar-refractivity contribution in [3.63, 3.8) is 0 Å². The zero-order chi connectivity index (χ0) is 7.72. The Morgan fingerprint density at radius 1 is 1.60 bits per heavy atom. The lowest BCUT2D eigenvalue weighted by atomic mass is 9.71. The molecule has 1 saturated carbocycles. The molecule has 3 heteroatoms. The smallest absolute Gasteiger partial charge is 0.0137 e. The van der Waals surface area contributed by atoms with Gasteiger partial charge < -0.3 is 16.8 Å². The van der Waals surface area contributed by atoms with Crippen LogP contribution < -0.4 is 16.8 Å². The quantitative estimate of drug-likeness (QED) is 0.477. The Hall–Kier alpha value is -0.120. The minimum Gasteiger partial charge on any atom is -0.328 e. The second kappa shape index (κ2) is 2.86. The van der Waals surface area contributed by atoms with E-state index in [9.17, 15) is 0 Å². The molecule has 4 atom stereocenters. The van der Waals surface area contributed by atoms with E-state index in [2.05, 4.69) is 5.32 Å². The fraction of sp³-hybridized carbons (Fsp3) is 1.00. The Kier molecular flexibility index (Phi) is 2.28. The Morgan fingerprint density at radius 2 is 2.20 bits per heavy atom. The molecule has 0 aromatic heterocycles. The maximum Gasteiger partial charge on any atom is 0.0137 e. The van der Waals surface area contributed by atoms with Crippen molar-refractivity contribution in [3.05, 3.63) is 0 Å². The van der Waals surface area contributed by atoms with Gasteiger partial charge in [-0.15, -0.1) is 0 Å². The molecule has 0 saturated heterocycles. The molecule has 1 rings (SSSR count). The molecule has 0 bridgehead atoms. The summed E-state index contributed by atoms with van der Waals surface area (Å²) in [6.45, 7) is 2.02. The maximum absolute atomic E-state index is 5.77. The molecule has 0 amide bonds. The van der Waals surface area contributed by atoms with Gasteiger partial charge in [0.1, 0.15) is 0 Å². The van der Waals surface area contributed by atoms with Crippen LogP contribution in [-0.4, -0.2) is 25.2 Å². The first-order valence-corrected chi connectivity index (χ1v) is 3.85. The number of nitrogens with one attached hydrogen (secondary N) is 1. The van der Waals surface area contributed by atoms with Crippen LogP contribution in [0.15, 0.2) is 0 Å². The number of hydrogen-bond acceptors (Lipinski definition) is 3. The summed E-state index contributed by atoms with van der Waals surface area (Å²) in [6, 6.07) is 1.09. The summed E-state index contributed by atoms with van der Waals surface area (Å²) < 4.78 is 0. The average molecular weight is 143 g/mol. The summed E-state index contributed by atoms with van der Waals surface area (Å²) in [6.07, 6.45) is 1.07. The summed E-state index contributed by atoms with van der Waals surface area (Å²) in [5, 5.41) is 3.20. The van der Waals surface area contributed by atoms with Crippen LogP contribution in [0.2, 0.25) is 0 Å². The summed E-state index contributed by atoms with van der Waals surface area (Å²) in [5.74, 6) is 0.477. The van der Waals surface area contributed by atoms with Crippen molar-refractivity contribution in [3.8, 4) is 0 Å². The molecule has 4 unspecified atom stereocenters. The summed E-state index contributed by atoms with van der Waals surface area (Å²) in [4.78, 5) is 0. The highest BCUT2D eigenvalue weighted by molar-refractivity contribution is 4.99. The minimum absolute atomic E-state index is 0.223. The van der Waals surface area contributed by atoms with Gasteiger partial charge in [-0.25, -0.2) is 0 Å². The van der Waals surface area contributed by atoms with Gasteiger partial charge in [0.05, 0.1) is 0 Å². The Balaban J connectivity index is 2.40. The van der Waals surface area contributed by atoms with E-state index >= 15 is 0 Å². The second-order valence-electron chi connectivity index (χ2n) is 3.23. The van der Waals surface area contributed by atoms with E-state index in [1.165, 1.54) is 0 Å². The highest BCUT2D eigenvalue weighted by atomic mass is 15.0. The SMILES string of the molecule is CNC1CC(N)C1C(C)N. The average Bonchev–Trinajstić information content (AvgIpc) is 1.80. The normalized spacial score (nSPS) is 42.6. The van der Waals surface area contributed by atoms with Crippen LogP contribution in [0.25, 0.3) is 0 Å². The van der Waals surface area contributed by atoms with Gasteiger partial charge in [-0.3, -0.25) is 0 Å². The number of rotatable bonds is 2. The largest absolute Gasteiger partial charge is 0.328 e. The van der Waals surface area contributed by atoms with Gasteiger partial charge in [-0.2, -0.15) is 0 Å². The summed E-state index contributed by atoms with van der Waals surface area (Å²) in [7, 11) is 1.96. The van der Waals surface area contributed by atoms with Gasteiger partial charge in [-0.05, 0) is 20.4 Å². The monoisotopic (exact) mass is 143 g/mol. The Bertz CT molecular complexity index is 109. The van der Waals surface area contributed by atoms with E-state index in [4.69, 9.17) is 11.5 Å². The fourth-order valence-corrected chi connectivity index (χ4v) is 1.78. The van der Waals surface area contributed by atoms with E-state index in [0.29, 0.717) is 18.0 Å². The van der Waals surface area contributed by atoms with E-state index in [-0.39, 0.29) is 6.04 Å². The minimum atomic E-state index is 0.223. The molecule has 0 spiro atoms. The molecule has 0 aromatic rings. The molecule has 1 aliphatic carbocycles. The predicted molar refractivity (Wildman–Crippen MR) is 42.6 cm³/mol. The van der Waals surface area contributed by atoms with Crippen LogP contribution in [0.3, 0.4) is 0 Å². The highest BCUT2D eigenvalue weighted by Gasteiger charge is 2.39. The van der Waals surface area contributed by atoms with Crippen molar-refractivity contribution in [2.45, 2.75) is 31.5 Å². The Labute approximate surface area is 62.2 Å². The third-order valence-electron chi connectivity index (χ3n) is 2.46. The zero-order valence-corrected chi connectivity index (χ0v) is 6.67. The molecule has 10 heavy (non-hydrogen) atoms. The van der Waals surface area contributed by atoms with Crippen LogP contribution in [0, 0.1) is 5.92 Å². The topological polar surface area (TPSA) is 64.1 Å². The number of nitrogens with two attached hydrogens (primary N) is 2. The molecule has 5 N–H and O–H groups in total. The standard InChI is InChI=1S/C7H17N3/c1-4(8)7-5(9)3-6(7)10-2/h4-7,10H,3,8-9H2,1-2H3. The van der Waals surface area contributed by atoms with Crippen molar-refractivity contribution in [2.24, 2.45) is 17.4 Å². The third-order valence-corrected chi connectivity index (χ3v) is 2.46. The highest BCUT2D eigenvalue weighted by Crippen LogP contribution is 2.27. The number of hydrogen-bond donors (Lipinski definition) is 3. The van der Waals surface area contributed by atoms with Crippen LogP contribution >= 0.6 is 0 Å². The maximum atomic E-state index is 5.77. The van der Waals surface area contributed by atoms with Crippen molar-refractivity contribution in [1.82, 2.24) is 5.32 Å². The molecule has 0 heterocycles. The lowest BCUT2D eigenvalue weighted by molar-refractivity contribution is 0.152. The lowest BCUT2D eigenvalue weighted by Crippen LogP contribution is -2.62. The molecular weight excluding hydrogens is 126 g/mol. The van der Waals surface area contributed by atoms with Crippen LogP contribution in [0.1, 0.15) is 13.3 Å². The summed E-state index contributed by atoms with van der Waals surface area (Å²) in [5.41, 5.74) is 11.5. The molecular formula is C7H17N3. The first-order valence-electron chi connectivity index (χ1n) is 3.85. The van der Waals surface area contributed by atoms with E-state index in [0.717, 1.165) is 6.42 Å². The third kappa shape index (κ3) is 1.17. The van der Waals surface area contributed by atoms with Crippen molar-refractivity contribution < 1.29 is 0 Å². The molecule has 60 valence electrons. The van der Waals surface area contributed by atoms with Gasteiger partial charge in [-0.1, -0.05) is 0 Å². The van der Waals surface area contributed by atoms with Gasteiger partial charge >= 0.3 is 0 Å². The van der Waals surface area contributed by atoms with Crippen LogP contribution in [0.5, 0.6) is 0 Å². The molecule has 3 nitrogen and oxygen atoms in total. The molecule has 0 aliphatic heterocycles. The molecule has 0 radical (unpaired) electrons. The van der Waals surface area contributed by atoms with Gasteiger partial charge in [0.15, 0.2) is 0 Å². The first-order chi connectivity index (χ1) is 4.66. The second-order valence-corrected chi connectivity index (χ2v) is 3.23.